The van der Waals surface area contributed by atoms with Crippen molar-refractivity contribution in [1.29, 1.82) is 0 Å². The van der Waals surface area contributed by atoms with E-state index in [0.29, 0.717) is 0 Å². The van der Waals surface area contributed by atoms with Crippen LogP contribution in [0.15, 0.2) is 91.0 Å². The minimum atomic E-state index is 0.891. The molecule has 32 heavy (non-hydrogen) atoms. The fourth-order valence-corrected chi connectivity index (χ4v) is 3.99. The predicted molar refractivity (Wildman–Crippen MR) is 132 cm³/mol. The second-order valence-electron chi connectivity index (χ2n) is 8.32. The van der Waals surface area contributed by atoms with Crippen LogP contribution in [0.2, 0.25) is 0 Å². The first kappa shape index (κ1) is 21.7. The van der Waals surface area contributed by atoms with Crippen molar-refractivity contribution in [3.63, 3.8) is 0 Å². The molecule has 0 aliphatic carbocycles. The van der Waals surface area contributed by atoms with E-state index < -0.39 is 0 Å². The van der Waals surface area contributed by atoms with Crippen LogP contribution < -0.4 is 9.47 Å². The van der Waals surface area contributed by atoms with E-state index in [4.69, 9.17) is 9.47 Å². The first-order chi connectivity index (χ1) is 15.6. The number of hydrogen-bond acceptors (Lipinski definition) is 2. The number of aryl methyl sites for hydroxylation is 1. The molecular weight excluding hydrogens is 392 g/mol. The van der Waals surface area contributed by atoms with Crippen molar-refractivity contribution in [2.75, 3.05) is 14.2 Å². The summed E-state index contributed by atoms with van der Waals surface area (Å²) in [5.74, 6) is 1.78. The molecule has 0 heterocycles. The molecule has 162 valence electrons. The Morgan fingerprint density at radius 2 is 0.906 bits per heavy atom. The van der Waals surface area contributed by atoms with E-state index >= 15 is 0 Å². The molecule has 0 N–H and O–H groups in total. The third-order valence-electron chi connectivity index (χ3n) is 5.91. The summed E-state index contributed by atoms with van der Waals surface area (Å²) >= 11 is 0. The number of hydrogen-bond donors (Lipinski definition) is 0. The summed E-state index contributed by atoms with van der Waals surface area (Å²) in [5, 5.41) is 0. The molecule has 0 aromatic heterocycles. The maximum absolute atomic E-state index is 5.32. The SMILES string of the molecule is COc1ccc(Cc2ccc(Cc3ccc(C)cc3)c(Cc3ccc(OC)cc3)c2)cc1. The van der Waals surface area contributed by atoms with Gasteiger partial charge in [0.15, 0.2) is 0 Å². The quantitative estimate of drug-likeness (QED) is 0.311. The van der Waals surface area contributed by atoms with E-state index in [1.165, 1.54) is 38.9 Å². The average molecular weight is 423 g/mol. The Morgan fingerprint density at radius 3 is 1.44 bits per heavy atom. The largest absolute Gasteiger partial charge is 0.497 e. The van der Waals surface area contributed by atoms with Gasteiger partial charge in [-0.25, -0.2) is 0 Å². The molecule has 0 saturated heterocycles. The monoisotopic (exact) mass is 422 g/mol. The van der Waals surface area contributed by atoms with Gasteiger partial charge in [0.2, 0.25) is 0 Å². The van der Waals surface area contributed by atoms with Crippen molar-refractivity contribution < 1.29 is 9.47 Å². The Balaban J connectivity index is 1.62. The van der Waals surface area contributed by atoms with Gasteiger partial charge in [0.25, 0.3) is 0 Å². The number of benzene rings is 4. The highest BCUT2D eigenvalue weighted by molar-refractivity contribution is 5.42. The molecule has 0 aliphatic rings. The molecule has 0 spiro atoms. The molecule has 0 radical (unpaired) electrons. The highest BCUT2D eigenvalue weighted by atomic mass is 16.5. The summed E-state index contributed by atoms with van der Waals surface area (Å²) in [6, 6.07) is 32.5. The van der Waals surface area contributed by atoms with Gasteiger partial charge in [0.05, 0.1) is 14.2 Å². The van der Waals surface area contributed by atoms with E-state index in [2.05, 4.69) is 73.7 Å². The topological polar surface area (TPSA) is 18.5 Å². The first-order valence-electron chi connectivity index (χ1n) is 11.0. The molecule has 0 bridgehead atoms. The van der Waals surface area contributed by atoms with Crippen molar-refractivity contribution >= 4 is 0 Å². The van der Waals surface area contributed by atoms with Crippen molar-refractivity contribution in [1.82, 2.24) is 0 Å². The summed E-state index contributed by atoms with van der Waals surface area (Å²) in [4.78, 5) is 0. The lowest BCUT2D eigenvalue weighted by atomic mass is 9.92. The molecule has 2 nitrogen and oxygen atoms in total. The zero-order valence-electron chi connectivity index (χ0n) is 19.1. The van der Waals surface area contributed by atoms with Crippen LogP contribution in [0.25, 0.3) is 0 Å². The number of rotatable bonds is 8. The van der Waals surface area contributed by atoms with Gasteiger partial charge in [-0.1, -0.05) is 72.3 Å². The van der Waals surface area contributed by atoms with E-state index in [0.717, 1.165) is 30.8 Å². The lowest BCUT2D eigenvalue weighted by Crippen LogP contribution is -2.00. The van der Waals surface area contributed by atoms with Crippen LogP contribution in [-0.4, -0.2) is 14.2 Å². The minimum Gasteiger partial charge on any atom is -0.497 e. The van der Waals surface area contributed by atoms with Gasteiger partial charge in [0.1, 0.15) is 11.5 Å². The van der Waals surface area contributed by atoms with Crippen LogP contribution in [0.4, 0.5) is 0 Å². The third-order valence-corrected chi connectivity index (χ3v) is 5.91. The highest BCUT2D eigenvalue weighted by Crippen LogP contribution is 2.23. The zero-order chi connectivity index (χ0) is 22.3. The van der Waals surface area contributed by atoms with Gasteiger partial charge in [-0.3, -0.25) is 0 Å². The molecule has 0 fully saturated rings. The molecule has 0 saturated carbocycles. The average Bonchev–Trinajstić information content (AvgIpc) is 2.83. The lowest BCUT2D eigenvalue weighted by molar-refractivity contribution is 0.414. The molecular formula is C30H30O2. The summed E-state index contributed by atoms with van der Waals surface area (Å²) in [7, 11) is 3.41. The molecule has 0 amide bonds. The molecule has 4 aromatic rings. The van der Waals surface area contributed by atoms with Gasteiger partial charge in [-0.05, 0) is 83.8 Å². The Kier molecular flexibility index (Phi) is 6.91. The van der Waals surface area contributed by atoms with E-state index in [1.54, 1.807) is 14.2 Å². The fraction of sp³-hybridized carbons (Fsp3) is 0.200. The lowest BCUT2D eigenvalue weighted by Gasteiger charge is -2.14. The van der Waals surface area contributed by atoms with Gasteiger partial charge >= 0.3 is 0 Å². The minimum absolute atomic E-state index is 0.891. The predicted octanol–water partition coefficient (Wildman–Crippen LogP) is 6.78. The number of methoxy groups -OCH3 is 2. The van der Waals surface area contributed by atoms with Gasteiger partial charge < -0.3 is 9.47 Å². The Labute approximate surface area is 191 Å². The van der Waals surface area contributed by atoms with Crippen LogP contribution in [0.5, 0.6) is 11.5 Å². The summed E-state index contributed by atoms with van der Waals surface area (Å²) in [6.07, 6.45) is 2.75. The molecule has 0 aliphatic heterocycles. The summed E-state index contributed by atoms with van der Waals surface area (Å²) in [5.41, 5.74) is 9.29. The smallest absolute Gasteiger partial charge is 0.118 e. The maximum Gasteiger partial charge on any atom is 0.118 e. The van der Waals surface area contributed by atoms with Crippen LogP contribution >= 0.6 is 0 Å². The first-order valence-corrected chi connectivity index (χ1v) is 11.0. The molecule has 2 heteroatoms. The van der Waals surface area contributed by atoms with Crippen molar-refractivity contribution in [2.45, 2.75) is 26.2 Å². The molecule has 4 rings (SSSR count). The van der Waals surface area contributed by atoms with Crippen LogP contribution in [0.1, 0.15) is 38.9 Å². The van der Waals surface area contributed by atoms with Crippen LogP contribution in [-0.2, 0) is 19.3 Å². The molecule has 4 aromatic carbocycles. The van der Waals surface area contributed by atoms with Gasteiger partial charge in [-0.15, -0.1) is 0 Å². The molecule has 0 atom stereocenters. The normalized spacial score (nSPS) is 10.7. The summed E-state index contributed by atoms with van der Waals surface area (Å²) < 4.78 is 10.6. The zero-order valence-corrected chi connectivity index (χ0v) is 19.1. The van der Waals surface area contributed by atoms with Gasteiger partial charge in [0, 0.05) is 0 Å². The summed E-state index contributed by atoms with van der Waals surface area (Å²) in [6.45, 7) is 2.13. The van der Waals surface area contributed by atoms with Crippen molar-refractivity contribution in [2.24, 2.45) is 0 Å². The number of ether oxygens (including phenoxy) is 2. The second-order valence-corrected chi connectivity index (χ2v) is 8.32. The standard InChI is InChI=1S/C30H30O2/c1-22-4-6-24(7-5-22)19-27-13-8-26(18-23-9-14-29(31-2)15-10-23)21-28(27)20-25-11-16-30(32-3)17-12-25/h4-17,21H,18-20H2,1-3H3. The van der Waals surface area contributed by atoms with Gasteiger partial charge in [-0.2, -0.15) is 0 Å². The highest BCUT2D eigenvalue weighted by Gasteiger charge is 2.08. The second kappa shape index (κ2) is 10.2. The Hall–Kier alpha value is -3.52. The third kappa shape index (κ3) is 5.59. The van der Waals surface area contributed by atoms with E-state index in [-0.39, 0.29) is 0 Å². The Bertz CT molecular complexity index is 1140. The van der Waals surface area contributed by atoms with Crippen LogP contribution in [0.3, 0.4) is 0 Å². The fourth-order valence-electron chi connectivity index (χ4n) is 3.99. The van der Waals surface area contributed by atoms with Crippen LogP contribution in [0, 0.1) is 6.92 Å². The maximum atomic E-state index is 5.32. The molecule has 0 unspecified atom stereocenters. The Morgan fingerprint density at radius 1 is 0.469 bits per heavy atom. The van der Waals surface area contributed by atoms with Crippen molar-refractivity contribution in [3.8, 4) is 11.5 Å². The van der Waals surface area contributed by atoms with E-state index in [1.807, 2.05) is 24.3 Å². The van der Waals surface area contributed by atoms with Crippen molar-refractivity contribution in [3.05, 3.63) is 130 Å². The van der Waals surface area contributed by atoms with E-state index in [9.17, 15) is 0 Å².